The molecule has 26 heavy (non-hydrogen) atoms. The highest BCUT2D eigenvalue weighted by atomic mass is 19.4. The molecule has 0 saturated heterocycles. The molecule has 0 fully saturated rings. The summed E-state index contributed by atoms with van der Waals surface area (Å²) in [5.41, 5.74) is -0.534. The van der Waals surface area contributed by atoms with Crippen LogP contribution in [0.5, 0.6) is 11.5 Å². The van der Waals surface area contributed by atoms with Gasteiger partial charge in [0.1, 0.15) is 17.1 Å². The summed E-state index contributed by atoms with van der Waals surface area (Å²) in [7, 11) is 0. The molecule has 8 heteroatoms. The topological polar surface area (TPSA) is 67.8 Å². The Morgan fingerprint density at radius 3 is 2.58 bits per heavy atom. The minimum atomic E-state index is -4.79. The van der Waals surface area contributed by atoms with Gasteiger partial charge in [-0.25, -0.2) is 0 Å². The van der Waals surface area contributed by atoms with Crippen LogP contribution >= 0.6 is 0 Å². The lowest BCUT2D eigenvalue weighted by molar-refractivity contribution is -0.274. The number of ether oxygens (including phenoxy) is 2. The fourth-order valence-corrected chi connectivity index (χ4v) is 2.76. The number of alkyl halides is 3. The summed E-state index contributed by atoms with van der Waals surface area (Å²) >= 11 is 0. The Labute approximate surface area is 147 Å². The Bertz CT molecular complexity index is 792. The zero-order chi connectivity index (χ0) is 18.8. The Balaban J connectivity index is 1.66. The highest BCUT2D eigenvalue weighted by Gasteiger charge is 2.36. The number of aliphatic hydroxyl groups is 1. The van der Waals surface area contributed by atoms with Gasteiger partial charge < -0.3 is 19.9 Å². The number of rotatable bonds is 4. The second-order valence-corrected chi connectivity index (χ2v) is 5.88. The van der Waals surface area contributed by atoms with Crippen molar-refractivity contribution in [3.05, 3.63) is 59.7 Å². The summed E-state index contributed by atoms with van der Waals surface area (Å²) in [6.07, 6.45) is -4.48. The van der Waals surface area contributed by atoms with Crippen LogP contribution in [0.25, 0.3) is 0 Å². The molecule has 1 heterocycles. The molecule has 0 radical (unpaired) electrons. The van der Waals surface area contributed by atoms with Gasteiger partial charge in [-0.1, -0.05) is 18.2 Å². The number of carbonyl (C=O) groups excluding carboxylic acids is 1. The molecule has 1 aliphatic rings. The average molecular weight is 367 g/mol. The second kappa shape index (κ2) is 6.87. The molecule has 2 aromatic carbocycles. The van der Waals surface area contributed by atoms with Crippen molar-refractivity contribution in [1.82, 2.24) is 5.32 Å². The van der Waals surface area contributed by atoms with Crippen molar-refractivity contribution in [1.29, 1.82) is 0 Å². The van der Waals surface area contributed by atoms with Gasteiger partial charge in [-0.3, -0.25) is 4.79 Å². The number of carbonyl (C=O) groups is 1. The minimum absolute atomic E-state index is 0.0486. The van der Waals surface area contributed by atoms with Crippen molar-refractivity contribution >= 4 is 5.91 Å². The van der Waals surface area contributed by atoms with E-state index in [1.165, 1.54) is 12.1 Å². The van der Waals surface area contributed by atoms with Gasteiger partial charge in [0.15, 0.2) is 0 Å². The smallest absolute Gasteiger partial charge is 0.493 e. The molecule has 3 rings (SSSR count). The van der Waals surface area contributed by atoms with Crippen LogP contribution in [0.15, 0.2) is 48.5 Å². The first-order chi connectivity index (χ1) is 12.3. The van der Waals surface area contributed by atoms with Gasteiger partial charge >= 0.3 is 6.36 Å². The molecule has 0 aliphatic carbocycles. The molecule has 5 nitrogen and oxygen atoms in total. The number of amides is 1. The van der Waals surface area contributed by atoms with Crippen LogP contribution in [-0.2, 0) is 5.60 Å². The Hall–Kier alpha value is -2.74. The molecule has 0 aromatic heterocycles. The third-order valence-electron chi connectivity index (χ3n) is 4.05. The van der Waals surface area contributed by atoms with Gasteiger partial charge in [0, 0.05) is 17.5 Å². The van der Waals surface area contributed by atoms with Crippen molar-refractivity contribution in [2.75, 3.05) is 13.2 Å². The molecular weight excluding hydrogens is 351 g/mol. The quantitative estimate of drug-likeness (QED) is 0.872. The first-order valence-electron chi connectivity index (χ1n) is 7.86. The lowest BCUT2D eigenvalue weighted by atomic mass is 9.88. The molecule has 2 N–H and O–H groups in total. The number of hydrogen-bond acceptors (Lipinski definition) is 4. The van der Waals surface area contributed by atoms with E-state index in [4.69, 9.17) is 4.74 Å². The molecule has 0 bridgehead atoms. The van der Waals surface area contributed by atoms with E-state index in [0.29, 0.717) is 24.3 Å². The highest BCUT2D eigenvalue weighted by Crippen LogP contribution is 2.36. The molecular formula is C18H16F3NO4. The number of nitrogens with one attached hydrogen (secondary N) is 1. The number of halogens is 3. The predicted octanol–water partition coefficient (Wildman–Crippen LogP) is 2.99. The first kappa shape index (κ1) is 18.1. The molecule has 0 spiro atoms. The van der Waals surface area contributed by atoms with Gasteiger partial charge in [-0.2, -0.15) is 0 Å². The van der Waals surface area contributed by atoms with E-state index >= 15 is 0 Å². The van der Waals surface area contributed by atoms with Crippen LogP contribution in [0.2, 0.25) is 0 Å². The van der Waals surface area contributed by atoms with Crippen LogP contribution in [0.4, 0.5) is 13.2 Å². The summed E-state index contributed by atoms with van der Waals surface area (Å²) < 4.78 is 45.7. The Morgan fingerprint density at radius 2 is 1.88 bits per heavy atom. The third-order valence-corrected chi connectivity index (χ3v) is 4.05. The maximum absolute atomic E-state index is 12.2. The lowest BCUT2D eigenvalue weighted by Crippen LogP contribution is -2.43. The lowest BCUT2D eigenvalue weighted by Gasteiger charge is -2.34. The zero-order valence-electron chi connectivity index (χ0n) is 13.5. The van der Waals surface area contributed by atoms with E-state index in [0.717, 1.165) is 12.1 Å². The van der Waals surface area contributed by atoms with E-state index < -0.39 is 23.6 Å². The zero-order valence-corrected chi connectivity index (χ0v) is 13.5. The number of fused-ring (bicyclic) bond motifs is 1. The van der Waals surface area contributed by atoms with Gasteiger partial charge in [-0.15, -0.1) is 13.2 Å². The van der Waals surface area contributed by atoms with E-state index in [-0.39, 0.29) is 12.1 Å². The van der Waals surface area contributed by atoms with Crippen molar-refractivity contribution in [2.24, 2.45) is 0 Å². The first-order valence-corrected chi connectivity index (χ1v) is 7.86. The molecule has 2 aromatic rings. The fourth-order valence-electron chi connectivity index (χ4n) is 2.76. The Kier molecular flexibility index (Phi) is 4.78. The fraction of sp³-hybridized carbons (Fsp3) is 0.278. The van der Waals surface area contributed by atoms with Crippen molar-refractivity contribution in [2.45, 2.75) is 18.4 Å². The third kappa shape index (κ3) is 4.08. The molecule has 1 amide bonds. The van der Waals surface area contributed by atoms with Gasteiger partial charge in [-0.05, 0) is 30.3 Å². The normalized spacial score (nSPS) is 19.2. The maximum Gasteiger partial charge on any atom is 0.573 e. The van der Waals surface area contributed by atoms with Gasteiger partial charge in [0.2, 0.25) is 0 Å². The summed E-state index contributed by atoms with van der Waals surface area (Å²) in [4.78, 5) is 12.2. The molecule has 1 atom stereocenters. The van der Waals surface area contributed by atoms with Crippen molar-refractivity contribution in [3.8, 4) is 11.5 Å². The summed E-state index contributed by atoms with van der Waals surface area (Å²) in [6.45, 7) is 0.264. The van der Waals surface area contributed by atoms with Crippen LogP contribution in [0, 0.1) is 0 Å². The number of para-hydroxylation sites is 1. The van der Waals surface area contributed by atoms with E-state index in [1.54, 1.807) is 24.3 Å². The minimum Gasteiger partial charge on any atom is -0.493 e. The second-order valence-electron chi connectivity index (χ2n) is 5.88. The average Bonchev–Trinajstić information content (AvgIpc) is 2.59. The van der Waals surface area contributed by atoms with Crippen molar-refractivity contribution in [3.63, 3.8) is 0 Å². The summed E-state index contributed by atoms with van der Waals surface area (Å²) in [5, 5.41) is 13.5. The van der Waals surface area contributed by atoms with E-state index in [9.17, 15) is 23.1 Å². The highest BCUT2D eigenvalue weighted by molar-refractivity contribution is 5.94. The molecule has 138 valence electrons. The van der Waals surface area contributed by atoms with E-state index in [1.807, 2.05) is 0 Å². The van der Waals surface area contributed by atoms with E-state index in [2.05, 4.69) is 10.1 Å². The molecule has 0 saturated carbocycles. The maximum atomic E-state index is 12.2. The van der Waals surface area contributed by atoms with Crippen LogP contribution in [-0.4, -0.2) is 30.5 Å². The van der Waals surface area contributed by atoms with Crippen LogP contribution in [0.1, 0.15) is 22.3 Å². The Morgan fingerprint density at radius 1 is 1.19 bits per heavy atom. The monoisotopic (exact) mass is 367 g/mol. The van der Waals surface area contributed by atoms with Gasteiger partial charge in [0.25, 0.3) is 5.91 Å². The molecule has 1 aliphatic heterocycles. The van der Waals surface area contributed by atoms with Crippen LogP contribution in [0.3, 0.4) is 0 Å². The van der Waals surface area contributed by atoms with Gasteiger partial charge in [0.05, 0.1) is 13.2 Å². The summed E-state index contributed by atoms with van der Waals surface area (Å²) in [6, 6.07) is 11.6. The predicted molar refractivity (Wildman–Crippen MR) is 85.9 cm³/mol. The SMILES string of the molecule is O=C(NC[C@@]1(O)CCOc2ccccc21)c1ccc(OC(F)(F)F)cc1. The van der Waals surface area contributed by atoms with Crippen molar-refractivity contribution < 1.29 is 32.5 Å². The number of benzene rings is 2. The largest absolute Gasteiger partial charge is 0.573 e. The summed E-state index contributed by atoms with van der Waals surface area (Å²) in [5.74, 6) is -0.365. The standard InChI is InChI=1S/C18H16F3NO4/c19-18(20,21)26-13-7-5-12(6-8-13)16(23)22-11-17(24)9-10-25-15-4-2-1-3-14(15)17/h1-8,24H,9-11H2,(H,22,23)/t17-/m0/s1. The molecule has 0 unspecified atom stereocenters. The van der Waals surface area contributed by atoms with Crippen LogP contribution < -0.4 is 14.8 Å². The number of hydrogen-bond donors (Lipinski definition) is 2.